The Balaban J connectivity index is 3.97. The third-order valence-corrected chi connectivity index (χ3v) is 1.70. The Morgan fingerprint density at radius 2 is 2.00 bits per heavy atom. The summed E-state index contributed by atoms with van der Waals surface area (Å²) >= 11 is 0. The highest BCUT2D eigenvalue weighted by Gasteiger charge is 2.18. The van der Waals surface area contributed by atoms with Crippen LogP contribution in [0, 0.1) is 0 Å². The fourth-order valence-corrected chi connectivity index (χ4v) is 0.458. The maximum atomic E-state index is 10.8. The van der Waals surface area contributed by atoms with Crippen molar-refractivity contribution in [1.29, 1.82) is 0 Å². The first-order chi connectivity index (χ1) is 4.88. The summed E-state index contributed by atoms with van der Waals surface area (Å²) in [5.74, 6) is -0.120. The van der Waals surface area contributed by atoms with Crippen LogP contribution in [0.5, 0.6) is 0 Å². The molecule has 0 rings (SSSR count). The lowest BCUT2D eigenvalue weighted by Crippen LogP contribution is -2.53. The maximum absolute atomic E-state index is 10.8. The molecule has 0 radical (unpaired) electrons. The highest BCUT2D eigenvalue weighted by atomic mass is 16.1. The van der Waals surface area contributed by atoms with Gasteiger partial charge in [-0.25, -0.2) is 0 Å². The zero-order valence-corrected chi connectivity index (χ0v) is 7.72. The standard InChI is InChI=1S/C8H16N2O/c1-6-8(11)9-7(2)10(3,4)5/h6-7H,1H2,2-5H3/p+1. The van der Waals surface area contributed by atoms with E-state index in [1.54, 1.807) is 0 Å². The number of quaternary nitrogens is 1. The van der Waals surface area contributed by atoms with E-state index in [9.17, 15) is 4.79 Å². The molecule has 0 aromatic heterocycles. The van der Waals surface area contributed by atoms with Crippen LogP contribution < -0.4 is 5.32 Å². The molecule has 0 saturated heterocycles. The second-order valence-corrected chi connectivity index (χ2v) is 3.50. The molecule has 64 valence electrons. The highest BCUT2D eigenvalue weighted by Crippen LogP contribution is 1.96. The normalized spacial score (nSPS) is 13.8. The first-order valence-electron chi connectivity index (χ1n) is 3.62. The smallest absolute Gasteiger partial charge is 0.247 e. The molecule has 3 heteroatoms. The molecule has 1 amide bonds. The Labute approximate surface area is 68.3 Å². The quantitative estimate of drug-likeness (QED) is 0.357. The largest absolute Gasteiger partial charge is 0.312 e. The molecule has 1 unspecified atom stereocenters. The van der Waals surface area contributed by atoms with Gasteiger partial charge in [0.15, 0.2) is 6.17 Å². The van der Waals surface area contributed by atoms with Gasteiger partial charge in [0.05, 0.1) is 21.1 Å². The van der Waals surface area contributed by atoms with Crippen LogP contribution in [-0.2, 0) is 4.79 Å². The number of hydrogen-bond acceptors (Lipinski definition) is 1. The summed E-state index contributed by atoms with van der Waals surface area (Å²) in [6.07, 6.45) is 1.40. The summed E-state index contributed by atoms with van der Waals surface area (Å²) < 4.78 is 0.708. The number of rotatable bonds is 3. The van der Waals surface area contributed by atoms with Crippen LogP contribution in [0.15, 0.2) is 12.7 Å². The maximum Gasteiger partial charge on any atom is 0.247 e. The molecule has 0 fully saturated rings. The highest BCUT2D eigenvalue weighted by molar-refractivity contribution is 5.86. The van der Waals surface area contributed by atoms with E-state index < -0.39 is 0 Å². The molecule has 0 heterocycles. The molecule has 0 spiro atoms. The molecule has 1 N–H and O–H groups in total. The lowest BCUT2D eigenvalue weighted by atomic mass is 10.4. The molecule has 11 heavy (non-hydrogen) atoms. The zero-order chi connectivity index (χ0) is 9.07. The van der Waals surface area contributed by atoms with Crippen LogP contribution in [-0.4, -0.2) is 37.7 Å². The Morgan fingerprint density at radius 1 is 1.55 bits per heavy atom. The molecule has 0 aromatic rings. The van der Waals surface area contributed by atoms with Crippen molar-refractivity contribution in [2.24, 2.45) is 0 Å². The number of carbonyl (C=O) groups is 1. The third kappa shape index (κ3) is 3.78. The van der Waals surface area contributed by atoms with Gasteiger partial charge < -0.3 is 9.80 Å². The van der Waals surface area contributed by atoms with Gasteiger partial charge in [0.1, 0.15) is 0 Å². The van der Waals surface area contributed by atoms with Crippen LogP contribution in [0.1, 0.15) is 6.92 Å². The fraction of sp³-hybridized carbons (Fsp3) is 0.625. The lowest BCUT2D eigenvalue weighted by Gasteiger charge is -2.31. The van der Waals surface area contributed by atoms with E-state index in [2.05, 4.69) is 11.9 Å². The van der Waals surface area contributed by atoms with E-state index in [1.807, 2.05) is 28.1 Å². The summed E-state index contributed by atoms with van der Waals surface area (Å²) in [6, 6.07) is 0. The van der Waals surface area contributed by atoms with Gasteiger partial charge in [-0.15, -0.1) is 0 Å². The Bertz CT molecular complexity index is 158. The van der Waals surface area contributed by atoms with Crippen molar-refractivity contribution in [1.82, 2.24) is 5.32 Å². The monoisotopic (exact) mass is 157 g/mol. The van der Waals surface area contributed by atoms with Crippen LogP contribution in [0.2, 0.25) is 0 Å². The summed E-state index contributed by atoms with van der Waals surface area (Å²) in [6.45, 7) is 5.34. The summed E-state index contributed by atoms with van der Waals surface area (Å²) in [7, 11) is 6.07. The van der Waals surface area contributed by atoms with Gasteiger partial charge in [-0.05, 0) is 6.08 Å². The summed E-state index contributed by atoms with van der Waals surface area (Å²) in [5.41, 5.74) is 0. The van der Waals surface area contributed by atoms with Gasteiger partial charge in [-0.3, -0.25) is 4.79 Å². The van der Waals surface area contributed by atoms with Crippen molar-refractivity contribution in [3.63, 3.8) is 0 Å². The summed E-state index contributed by atoms with van der Waals surface area (Å²) in [5, 5.41) is 2.78. The van der Waals surface area contributed by atoms with Crippen molar-refractivity contribution >= 4 is 5.91 Å². The average Bonchev–Trinajstić information content (AvgIpc) is 1.85. The summed E-state index contributed by atoms with van der Waals surface area (Å²) in [4.78, 5) is 10.8. The number of nitrogens with zero attached hydrogens (tertiary/aromatic N) is 1. The topological polar surface area (TPSA) is 29.1 Å². The molecule has 0 aromatic carbocycles. The molecule has 0 aliphatic rings. The van der Waals surface area contributed by atoms with E-state index in [0.717, 1.165) is 0 Å². The predicted molar refractivity (Wildman–Crippen MR) is 45.8 cm³/mol. The van der Waals surface area contributed by atoms with E-state index >= 15 is 0 Å². The second kappa shape index (κ2) is 3.53. The van der Waals surface area contributed by atoms with E-state index in [-0.39, 0.29) is 12.1 Å². The first-order valence-corrected chi connectivity index (χ1v) is 3.62. The van der Waals surface area contributed by atoms with Gasteiger partial charge in [0, 0.05) is 6.92 Å². The van der Waals surface area contributed by atoms with Gasteiger partial charge >= 0.3 is 0 Å². The van der Waals surface area contributed by atoms with Crippen LogP contribution >= 0.6 is 0 Å². The SMILES string of the molecule is C=CC(=O)NC(C)[N+](C)(C)C. The fourth-order valence-electron chi connectivity index (χ4n) is 0.458. The Kier molecular flexibility index (Phi) is 3.26. The molecule has 0 saturated carbocycles. The van der Waals surface area contributed by atoms with Crippen molar-refractivity contribution < 1.29 is 9.28 Å². The molecule has 0 aliphatic carbocycles. The molecular weight excluding hydrogens is 140 g/mol. The Morgan fingerprint density at radius 3 is 2.27 bits per heavy atom. The van der Waals surface area contributed by atoms with Crippen molar-refractivity contribution in [3.05, 3.63) is 12.7 Å². The minimum absolute atomic E-state index is 0.112. The average molecular weight is 157 g/mol. The molecule has 3 nitrogen and oxygen atoms in total. The van der Waals surface area contributed by atoms with Crippen LogP contribution in [0.3, 0.4) is 0 Å². The molecular formula is C8H17N2O+. The van der Waals surface area contributed by atoms with Gasteiger partial charge in [-0.1, -0.05) is 6.58 Å². The third-order valence-electron chi connectivity index (χ3n) is 1.70. The van der Waals surface area contributed by atoms with Crippen molar-refractivity contribution in [2.75, 3.05) is 21.1 Å². The minimum atomic E-state index is -0.120. The van der Waals surface area contributed by atoms with Gasteiger partial charge in [0.2, 0.25) is 5.91 Å². The van der Waals surface area contributed by atoms with E-state index in [1.165, 1.54) is 6.08 Å². The lowest BCUT2D eigenvalue weighted by molar-refractivity contribution is -0.896. The second-order valence-electron chi connectivity index (χ2n) is 3.50. The molecule has 1 atom stereocenters. The van der Waals surface area contributed by atoms with Crippen molar-refractivity contribution in [2.45, 2.75) is 13.1 Å². The van der Waals surface area contributed by atoms with Gasteiger partial charge in [-0.2, -0.15) is 0 Å². The number of hydrogen-bond donors (Lipinski definition) is 1. The number of amides is 1. The molecule has 0 aliphatic heterocycles. The first kappa shape index (κ1) is 10.2. The van der Waals surface area contributed by atoms with E-state index in [4.69, 9.17) is 0 Å². The molecule has 0 bridgehead atoms. The van der Waals surface area contributed by atoms with Crippen molar-refractivity contribution in [3.8, 4) is 0 Å². The predicted octanol–water partition coefficient (Wildman–Crippen LogP) is 0.341. The van der Waals surface area contributed by atoms with Gasteiger partial charge in [0.25, 0.3) is 0 Å². The van der Waals surface area contributed by atoms with Crippen LogP contribution in [0.4, 0.5) is 0 Å². The van der Waals surface area contributed by atoms with E-state index in [0.29, 0.717) is 4.48 Å². The minimum Gasteiger partial charge on any atom is -0.312 e. The zero-order valence-electron chi connectivity index (χ0n) is 7.72. The van der Waals surface area contributed by atoms with Crippen LogP contribution in [0.25, 0.3) is 0 Å². The number of nitrogens with one attached hydrogen (secondary N) is 1. The Hall–Kier alpha value is -0.830. The number of carbonyl (C=O) groups excluding carboxylic acids is 1.